The highest BCUT2D eigenvalue weighted by molar-refractivity contribution is 6.31. The van der Waals surface area contributed by atoms with Crippen LogP contribution in [0.2, 0.25) is 5.02 Å². The Morgan fingerprint density at radius 1 is 1.29 bits per heavy atom. The molecular formula is C16H8ClFN2O. The fourth-order valence-electron chi connectivity index (χ4n) is 2.25. The Bertz CT molecular complexity index is 908. The first-order chi connectivity index (χ1) is 10.1. The molecular weight excluding hydrogens is 291 g/mol. The maximum absolute atomic E-state index is 13.2. The second-order valence-corrected chi connectivity index (χ2v) is 4.91. The fourth-order valence-corrected chi connectivity index (χ4v) is 2.43. The lowest BCUT2D eigenvalue weighted by Gasteiger charge is -2.02. The highest BCUT2D eigenvalue weighted by Crippen LogP contribution is 2.26. The van der Waals surface area contributed by atoms with Gasteiger partial charge in [-0.2, -0.15) is 5.26 Å². The summed E-state index contributed by atoms with van der Waals surface area (Å²) in [5, 5.41) is 9.62. The van der Waals surface area contributed by atoms with E-state index < -0.39 is 5.82 Å². The molecule has 0 aliphatic heterocycles. The van der Waals surface area contributed by atoms with E-state index in [4.69, 9.17) is 16.9 Å². The van der Waals surface area contributed by atoms with E-state index in [1.54, 1.807) is 24.4 Å². The lowest BCUT2D eigenvalue weighted by atomic mass is 10.00. The zero-order chi connectivity index (χ0) is 15.0. The van der Waals surface area contributed by atoms with Gasteiger partial charge in [-0.1, -0.05) is 17.7 Å². The SMILES string of the molecule is N#Cc1cccc2[nH]cc(C(=O)c3ccc(F)c(Cl)c3)c12. The van der Waals surface area contributed by atoms with Gasteiger partial charge in [0.25, 0.3) is 0 Å². The number of H-pyrrole nitrogens is 1. The second-order valence-electron chi connectivity index (χ2n) is 4.50. The van der Waals surface area contributed by atoms with Gasteiger partial charge < -0.3 is 4.98 Å². The zero-order valence-corrected chi connectivity index (χ0v) is 11.4. The van der Waals surface area contributed by atoms with E-state index in [0.717, 1.165) is 6.07 Å². The maximum Gasteiger partial charge on any atom is 0.195 e. The molecule has 2 aromatic carbocycles. The van der Waals surface area contributed by atoms with Gasteiger partial charge in [0.05, 0.1) is 16.7 Å². The summed E-state index contributed by atoms with van der Waals surface area (Å²) >= 11 is 5.71. The van der Waals surface area contributed by atoms with Crippen LogP contribution in [-0.2, 0) is 0 Å². The van der Waals surface area contributed by atoms with E-state index in [9.17, 15) is 9.18 Å². The molecule has 1 N–H and O–H groups in total. The molecule has 0 saturated heterocycles. The fraction of sp³-hybridized carbons (Fsp3) is 0. The Labute approximate surface area is 124 Å². The van der Waals surface area contributed by atoms with Gasteiger partial charge in [-0.3, -0.25) is 4.79 Å². The number of aromatic nitrogens is 1. The van der Waals surface area contributed by atoms with Crippen LogP contribution in [0.4, 0.5) is 4.39 Å². The number of hydrogen-bond acceptors (Lipinski definition) is 2. The van der Waals surface area contributed by atoms with Crippen molar-refractivity contribution in [3.05, 3.63) is 70.1 Å². The average molecular weight is 299 g/mol. The highest BCUT2D eigenvalue weighted by atomic mass is 35.5. The van der Waals surface area contributed by atoms with Crippen LogP contribution in [-0.4, -0.2) is 10.8 Å². The summed E-state index contributed by atoms with van der Waals surface area (Å²) in [6.45, 7) is 0. The Hall–Kier alpha value is -2.64. The lowest BCUT2D eigenvalue weighted by molar-refractivity contribution is 0.104. The number of hydrogen-bond donors (Lipinski definition) is 1. The standard InChI is InChI=1S/C16H8ClFN2O/c17-12-6-9(4-5-13(12)18)16(21)11-8-20-14-3-1-2-10(7-19)15(11)14/h1-6,8,20H. The zero-order valence-electron chi connectivity index (χ0n) is 10.7. The summed E-state index contributed by atoms with van der Waals surface area (Å²) in [6, 6.07) is 11.0. The molecule has 0 bridgehead atoms. The first-order valence-corrected chi connectivity index (χ1v) is 6.49. The number of carbonyl (C=O) groups is 1. The van der Waals surface area contributed by atoms with Crippen LogP contribution in [0.3, 0.4) is 0 Å². The third-order valence-corrected chi connectivity index (χ3v) is 3.54. The largest absolute Gasteiger partial charge is 0.360 e. The minimum Gasteiger partial charge on any atom is -0.360 e. The van der Waals surface area contributed by atoms with Gasteiger partial charge in [0.1, 0.15) is 5.82 Å². The Balaban J connectivity index is 2.18. The van der Waals surface area contributed by atoms with Crippen molar-refractivity contribution < 1.29 is 9.18 Å². The molecule has 3 rings (SSSR count). The van der Waals surface area contributed by atoms with Crippen LogP contribution in [0.15, 0.2) is 42.6 Å². The molecule has 0 unspecified atom stereocenters. The van der Waals surface area contributed by atoms with Crippen molar-refractivity contribution in [2.24, 2.45) is 0 Å². The van der Waals surface area contributed by atoms with Gasteiger partial charge in [0, 0.05) is 28.2 Å². The second kappa shape index (κ2) is 5.04. The van der Waals surface area contributed by atoms with Gasteiger partial charge in [-0.05, 0) is 30.3 Å². The first-order valence-electron chi connectivity index (χ1n) is 6.12. The van der Waals surface area contributed by atoms with Crippen LogP contribution < -0.4 is 0 Å². The summed E-state index contributed by atoms with van der Waals surface area (Å²) in [4.78, 5) is 15.5. The predicted octanol–water partition coefficient (Wildman–Crippen LogP) is 4.06. The lowest BCUT2D eigenvalue weighted by Crippen LogP contribution is -2.01. The summed E-state index contributed by atoms with van der Waals surface area (Å²) < 4.78 is 13.2. The van der Waals surface area contributed by atoms with Crippen LogP contribution >= 0.6 is 11.6 Å². The Kier molecular flexibility index (Phi) is 3.20. The summed E-state index contributed by atoms with van der Waals surface area (Å²) in [5.41, 5.74) is 1.75. The molecule has 1 heterocycles. The van der Waals surface area contributed by atoms with E-state index >= 15 is 0 Å². The Morgan fingerprint density at radius 3 is 2.81 bits per heavy atom. The molecule has 3 aromatic rings. The molecule has 0 aliphatic rings. The summed E-state index contributed by atoms with van der Waals surface area (Å²) in [6.07, 6.45) is 1.55. The van der Waals surface area contributed by atoms with Crippen molar-refractivity contribution in [3.63, 3.8) is 0 Å². The molecule has 0 aliphatic carbocycles. The highest BCUT2D eigenvalue weighted by Gasteiger charge is 2.17. The van der Waals surface area contributed by atoms with E-state index in [0.29, 0.717) is 22.0 Å². The Morgan fingerprint density at radius 2 is 2.10 bits per heavy atom. The number of halogens is 2. The van der Waals surface area contributed by atoms with Crippen LogP contribution in [0.5, 0.6) is 0 Å². The number of nitrogens with one attached hydrogen (secondary N) is 1. The van der Waals surface area contributed by atoms with Crippen molar-refractivity contribution in [2.45, 2.75) is 0 Å². The molecule has 0 saturated carbocycles. The smallest absolute Gasteiger partial charge is 0.195 e. The molecule has 1 aromatic heterocycles. The van der Waals surface area contributed by atoms with Crippen LogP contribution in [0, 0.1) is 17.1 Å². The third-order valence-electron chi connectivity index (χ3n) is 3.25. The monoisotopic (exact) mass is 298 g/mol. The number of nitriles is 1. The quantitative estimate of drug-likeness (QED) is 0.725. The van der Waals surface area contributed by atoms with E-state index in [1.165, 1.54) is 12.1 Å². The van der Waals surface area contributed by atoms with Crippen molar-refractivity contribution in [1.82, 2.24) is 4.98 Å². The van der Waals surface area contributed by atoms with Crippen molar-refractivity contribution in [1.29, 1.82) is 5.26 Å². The number of benzene rings is 2. The molecule has 21 heavy (non-hydrogen) atoms. The minimum absolute atomic E-state index is 0.110. The first kappa shape index (κ1) is 13.3. The molecule has 0 spiro atoms. The van der Waals surface area contributed by atoms with E-state index in [1.807, 2.05) is 0 Å². The summed E-state index contributed by atoms with van der Waals surface area (Å²) in [7, 11) is 0. The van der Waals surface area contributed by atoms with Gasteiger partial charge in [0.15, 0.2) is 5.78 Å². The van der Waals surface area contributed by atoms with Crippen molar-refractivity contribution in [2.75, 3.05) is 0 Å². The van der Waals surface area contributed by atoms with Gasteiger partial charge in [-0.25, -0.2) is 4.39 Å². The van der Waals surface area contributed by atoms with Gasteiger partial charge in [0.2, 0.25) is 0 Å². The van der Waals surface area contributed by atoms with Crippen molar-refractivity contribution >= 4 is 28.3 Å². The topological polar surface area (TPSA) is 56.6 Å². The molecule has 5 heteroatoms. The predicted molar refractivity (Wildman–Crippen MR) is 77.9 cm³/mol. The van der Waals surface area contributed by atoms with E-state index in [-0.39, 0.29) is 16.4 Å². The van der Waals surface area contributed by atoms with Gasteiger partial charge >= 0.3 is 0 Å². The molecule has 0 radical (unpaired) electrons. The molecule has 0 amide bonds. The number of nitrogens with zero attached hydrogens (tertiary/aromatic N) is 1. The average Bonchev–Trinajstić information content (AvgIpc) is 2.93. The van der Waals surface area contributed by atoms with E-state index in [2.05, 4.69) is 11.1 Å². The van der Waals surface area contributed by atoms with Crippen LogP contribution in [0.25, 0.3) is 10.9 Å². The number of aromatic amines is 1. The van der Waals surface area contributed by atoms with Gasteiger partial charge in [-0.15, -0.1) is 0 Å². The van der Waals surface area contributed by atoms with Crippen LogP contribution in [0.1, 0.15) is 21.5 Å². The number of ketones is 1. The number of rotatable bonds is 2. The third kappa shape index (κ3) is 2.18. The molecule has 0 atom stereocenters. The molecule has 3 nitrogen and oxygen atoms in total. The molecule has 0 fully saturated rings. The maximum atomic E-state index is 13.2. The molecule has 102 valence electrons. The number of fused-ring (bicyclic) bond motifs is 1. The normalized spacial score (nSPS) is 10.5. The number of carbonyl (C=O) groups excluding carboxylic acids is 1. The minimum atomic E-state index is -0.579. The summed E-state index contributed by atoms with van der Waals surface area (Å²) in [5.74, 6) is -0.893. The van der Waals surface area contributed by atoms with Crippen molar-refractivity contribution in [3.8, 4) is 6.07 Å².